The maximum atomic E-state index is 13.1. The Hall–Kier alpha value is -3.58. The Balaban J connectivity index is 1.49. The van der Waals surface area contributed by atoms with Gasteiger partial charge < -0.3 is 14.8 Å². The standard InChI is InChI=1S/C26H23FN2O3S/c1-3-31-23-14-19(8-13-22(23)32-16-18-6-4-17(2)5-7-18)15-24-25(30)29-26(33-24)28-21-11-9-20(27)10-12-21/h4-15H,3,16H2,1-2H3,(H,28,29,30)/b24-15+. The molecule has 0 unspecified atom stereocenters. The van der Waals surface area contributed by atoms with Crippen LogP contribution in [0.4, 0.5) is 10.1 Å². The van der Waals surface area contributed by atoms with Crippen molar-refractivity contribution in [3.8, 4) is 11.5 Å². The Bertz CT molecular complexity index is 1210. The first-order chi connectivity index (χ1) is 16.0. The lowest BCUT2D eigenvalue weighted by molar-refractivity contribution is -0.115. The molecule has 5 nitrogen and oxygen atoms in total. The number of rotatable bonds is 7. The summed E-state index contributed by atoms with van der Waals surface area (Å²) in [5.74, 6) is 0.682. The molecule has 3 aromatic carbocycles. The number of hydrogen-bond donors (Lipinski definition) is 1. The number of aliphatic imine (C=N–C) groups is 1. The lowest BCUT2D eigenvalue weighted by Gasteiger charge is -2.13. The summed E-state index contributed by atoms with van der Waals surface area (Å²) in [6.07, 6.45) is 1.78. The molecule has 1 N–H and O–H groups in total. The summed E-state index contributed by atoms with van der Waals surface area (Å²) in [6, 6.07) is 19.5. The second kappa shape index (κ2) is 10.4. The van der Waals surface area contributed by atoms with E-state index in [0.29, 0.717) is 40.5 Å². The number of nitrogens with one attached hydrogen (secondary N) is 1. The smallest absolute Gasteiger partial charge is 0.264 e. The Morgan fingerprint density at radius 2 is 1.76 bits per heavy atom. The zero-order valence-corrected chi connectivity index (χ0v) is 19.1. The molecule has 0 aliphatic carbocycles. The van der Waals surface area contributed by atoms with Crippen molar-refractivity contribution in [2.24, 2.45) is 4.99 Å². The third kappa shape index (κ3) is 6.02. The second-order valence-corrected chi connectivity index (χ2v) is 8.40. The summed E-state index contributed by atoms with van der Waals surface area (Å²) in [6.45, 7) is 4.88. The summed E-state index contributed by atoms with van der Waals surface area (Å²) in [4.78, 5) is 17.3. The van der Waals surface area contributed by atoms with Gasteiger partial charge in [0.1, 0.15) is 12.4 Å². The minimum Gasteiger partial charge on any atom is -0.490 e. The van der Waals surface area contributed by atoms with Crippen molar-refractivity contribution in [1.82, 2.24) is 5.32 Å². The fraction of sp³-hybridized carbons (Fsp3) is 0.154. The van der Waals surface area contributed by atoms with Gasteiger partial charge in [-0.05, 0) is 79.2 Å². The van der Waals surface area contributed by atoms with Crippen molar-refractivity contribution < 1.29 is 18.7 Å². The zero-order valence-electron chi connectivity index (χ0n) is 18.3. The number of nitrogens with zero attached hydrogens (tertiary/aromatic N) is 1. The van der Waals surface area contributed by atoms with Gasteiger partial charge in [0, 0.05) is 0 Å². The molecule has 1 aliphatic rings. The number of benzene rings is 3. The van der Waals surface area contributed by atoms with E-state index in [0.717, 1.165) is 11.1 Å². The third-order valence-electron chi connectivity index (χ3n) is 4.79. The Labute approximate surface area is 196 Å². The second-order valence-electron chi connectivity index (χ2n) is 7.37. The van der Waals surface area contributed by atoms with E-state index >= 15 is 0 Å². The van der Waals surface area contributed by atoms with Gasteiger partial charge in [0.05, 0.1) is 17.2 Å². The van der Waals surface area contributed by atoms with Gasteiger partial charge in [-0.25, -0.2) is 9.38 Å². The van der Waals surface area contributed by atoms with E-state index in [4.69, 9.17) is 9.47 Å². The molecule has 0 spiro atoms. The summed E-state index contributed by atoms with van der Waals surface area (Å²) >= 11 is 1.23. The van der Waals surface area contributed by atoms with E-state index in [2.05, 4.69) is 22.4 Å². The van der Waals surface area contributed by atoms with Crippen molar-refractivity contribution in [2.75, 3.05) is 6.61 Å². The van der Waals surface area contributed by atoms with Crippen LogP contribution in [0.3, 0.4) is 0 Å². The monoisotopic (exact) mass is 462 g/mol. The number of carbonyl (C=O) groups excluding carboxylic acids is 1. The van der Waals surface area contributed by atoms with Gasteiger partial charge >= 0.3 is 0 Å². The van der Waals surface area contributed by atoms with E-state index in [-0.39, 0.29) is 11.7 Å². The topological polar surface area (TPSA) is 59.9 Å². The molecule has 0 bridgehead atoms. The summed E-state index contributed by atoms with van der Waals surface area (Å²) in [7, 11) is 0. The van der Waals surface area contributed by atoms with Gasteiger partial charge in [0.15, 0.2) is 16.7 Å². The maximum absolute atomic E-state index is 13.1. The minimum absolute atomic E-state index is 0.237. The highest BCUT2D eigenvalue weighted by Crippen LogP contribution is 2.33. The lowest BCUT2D eigenvalue weighted by atomic mass is 10.1. The van der Waals surface area contributed by atoms with Crippen LogP contribution >= 0.6 is 11.8 Å². The Morgan fingerprint density at radius 3 is 2.48 bits per heavy atom. The number of amidine groups is 1. The fourth-order valence-corrected chi connectivity index (χ4v) is 3.95. The van der Waals surface area contributed by atoms with Crippen molar-refractivity contribution in [2.45, 2.75) is 20.5 Å². The average Bonchev–Trinajstić information content (AvgIpc) is 3.14. The third-order valence-corrected chi connectivity index (χ3v) is 5.70. The molecule has 1 aliphatic heterocycles. The van der Waals surface area contributed by atoms with Gasteiger partial charge in [0.2, 0.25) is 0 Å². The number of amides is 1. The highest BCUT2D eigenvalue weighted by Gasteiger charge is 2.24. The van der Waals surface area contributed by atoms with Crippen molar-refractivity contribution in [1.29, 1.82) is 0 Å². The molecule has 1 amide bonds. The lowest BCUT2D eigenvalue weighted by Crippen LogP contribution is -2.19. The molecule has 4 rings (SSSR count). The van der Waals surface area contributed by atoms with Crippen LogP contribution in [0, 0.1) is 12.7 Å². The normalized spacial score (nSPS) is 15.7. The van der Waals surface area contributed by atoms with Gasteiger partial charge in [-0.2, -0.15) is 0 Å². The van der Waals surface area contributed by atoms with E-state index in [1.807, 2.05) is 44.2 Å². The molecular weight excluding hydrogens is 439 g/mol. The van der Waals surface area contributed by atoms with E-state index in [1.165, 1.54) is 29.5 Å². The summed E-state index contributed by atoms with van der Waals surface area (Å²) in [5.41, 5.74) is 3.64. The van der Waals surface area contributed by atoms with Crippen LogP contribution in [0.1, 0.15) is 23.6 Å². The largest absolute Gasteiger partial charge is 0.490 e. The first-order valence-electron chi connectivity index (χ1n) is 10.5. The predicted molar refractivity (Wildman–Crippen MR) is 130 cm³/mol. The zero-order chi connectivity index (χ0) is 23.2. The molecule has 1 saturated heterocycles. The molecule has 0 saturated carbocycles. The predicted octanol–water partition coefficient (Wildman–Crippen LogP) is 6.00. The fourth-order valence-electron chi connectivity index (χ4n) is 3.11. The van der Waals surface area contributed by atoms with E-state index in [1.54, 1.807) is 18.2 Å². The van der Waals surface area contributed by atoms with Gasteiger partial charge in [-0.1, -0.05) is 35.9 Å². The maximum Gasteiger partial charge on any atom is 0.264 e. The minimum atomic E-state index is -0.334. The van der Waals surface area contributed by atoms with E-state index in [9.17, 15) is 9.18 Å². The highest BCUT2D eigenvalue weighted by molar-refractivity contribution is 8.18. The molecule has 0 aromatic heterocycles. The highest BCUT2D eigenvalue weighted by atomic mass is 32.2. The van der Waals surface area contributed by atoms with Gasteiger partial charge in [-0.15, -0.1) is 0 Å². The summed E-state index contributed by atoms with van der Waals surface area (Å²) < 4.78 is 24.8. The quantitative estimate of drug-likeness (QED) is 0.437. The molecule has 7 heteroatoms. The number of carbonyl (C=O) groups is 1. The average molecular weight is 463 g/mol. The van der Waals surface area contributed by atoms with Crippen LogP contribution < -0.4 is 14.8 Å². The number of thioether (sulfide) groups is 1. The van der Waals surface area contributed by atoms with Gasteiger partial charge in [0.25, 0.3) is 5.91 Å². The SMILES string of the molecule is CCOc1cc(/C=C2/SC(=Nc3ccc(F)cc3)NC2=O)ccc1OCc1ccc(C)cc1. The van der Waals surface area contributed by atoms with Gasteiger partial charge in [-0.3, -0.25) is 4.79 Å². The van der Waals surface area contributed by atoms with Crippen LogP contribution in [0.5, 0.6) is 11.5 Å². The van der Waals surface area contributed by atoms with Crippen LogP contribution in [-0.2, 0) is 11.4 Å². The number of aryl methyl sites for hydroxylation is 1. The molecule has 0 atom stereocenters. The Kier molecular flexibility index (Phi) is 7.10. The van der Waals surface area contributed by atoms with Crippen LogP contribution in [0.2, 0.25) is 0 Å². The van der Waals surface area contributed by atoms with Crippen LogP contribution in [-0.4, -0.2) is 17.7 Å². The molecule has 3 aromatic rings. The van der Waals surface area contributed by atoms with Crippen molar-refractivity contribution in [3.05, 3.63) is 94.1 Å². The Morgan fingerprint density at radius 1 is 1.00 bits per heavy atom. The van der Waals surface area contributed by atoms with Crippen LogP contribution in [0.15, 0.2) is 76.6 Å². The molecule has 33 heavy (non-hydrogen) atoms. The first-order valence-corrected chi connectivity index (χ1v) is 11.3. The molecule has 168 valence electrons. The summed E-state index contributed by atoms with van der Waals surface area (Å²) in [5, 5.41) is 3.18. The number of hydrogen-bond acceptors (Lipinski definition) is 5. The molecule has 0 radical (unpaired) electrons. The van der Waals surface area contributed by atoms with E-state index < -0.39 is 0 Å². The molecule has 1 fully saturated rings. The van der Waals surface area contributed by atoms with Crippen molar-refractivity contribution >= 4 is 34.6 Å². The molecule has 1 heterocycles. The van der Waals surface area contributed by atoms with Crippen LogP contribution in [0.25, 0.3) is 6.08 Å². The molecular formula is C26H23FN2O3S. The van der Waals surface area contributed by atoms with Crippen molar-refractivity contribution in [3.63, 3.8) is 0 Å². The number of halogens is 1. The number of ether oxygens (including phenoxy) is 2. The first kappa shape index (κ1) is 22.6.